The van der Waals surface area contributed by atoms with Gasteiger partial charge < -0.3 is 5.32 Å². The zero-order chi connectivity index (χ0) is 10.5. The molecule has 0 saturated carbocycles. The Morgan fingerprint density at radius 2 is 1.87 bits per heavy atom. The summed E-state index contributed by atoms with van der Waals surface area (Å²) < 4.78 is 0. The van der Waals surface area contributed by atoms with Gasteiger partial charge >= 0.3 is 0 Å². The van der Waals surface area contributed by atoms with Gasteiger partial charge in [-0.05, 0) is 36.2 Å². The van der Waals surface area contributed by atoms with Crippen molar-refractivity contribution in [1.82, 2.24) is 4.98 Å². The Hall–Kier alpha value is -1.83. The van der Waals surface area contributed by atoms with Gasteiger partial charge in [-0.2, -0.15) is 0 Å². The Kier molecular flexibility index (Phi) is 2.98. The van der Waals surface area contributed by atoms with Crippen molar-refractivity contribution in [2.75, 3.05) is 11.9 Å². The van der Waals surface area contributed by atoms with E-state index in [0.29, 0.717) is 0 Å². The van der Waals surface area contributed by atoms with Crippen LogP contribution in [0, 0.1) is 0 Å². The summed E-state index contributed by atoms with van der Waals surface area (Å²) in [5.41, 5.74) is 3.51. The quantitative estimate of drug-likeness (QED) is 0.819. The summed E-state index contributed by atoms with van der Waals surface area (Å²) in [6.07, 6.45) is 3.67. The summed E-state index contributed by atoms with van der Waals surface area (Å²) in [5, 5.41) is 3.27. The number of benzene rings is 1. The first-order valence-electron chi connectivity index (χ1n) is 5.14. The van der Waals surface area contributed by atoms with Gasteiger partial charge in [0.1, 0.15) is 0 Å². The van der Waals surface area contributed by atoms with Crippen LogP contribution in [0.25, 0.3) is 11.1 Å². The minimum Gasteiger partial charge on any atom is -0.385 e. The lowest BCUT2D eigenvalue weighted by Crippen LogP contribution is -1.95. The molecule has 0 fully saturated rings. The molecule has 2 rings (SSSR count). The van der Waals surface area contributed by atoms with Crippen LogP contribution in [0.4, 0.5) is 5.69 Å². The SMILES string of the molecule is CCNc1ccc(-c2cccnc2)cc1. The first-order valence-corrected chi connectivity index (χ1v) is 5.14. The number of rotatable bonds is 3. The van der Waals surface area contributed by atoms with E-state index in [9.17, 15) is 0 Å². The van der Waals surface area contributed by atoms with Crippen LogP contribution in [0.1, 0.15) is 6.92 Å². The van der Waals surface area contributed by atoms with Gasteiger partial charge in [-0.1, -0.05) is 18.2 Å². The van der Waals surface area contributed by atoms with E-state index in [-0.39, 0.29) is 0 Å². The normalized spacial score (nSPS) is 9.93. The fourth-order valence-corrected chi connectivity index (χ4v) is 1.52. The van der Waals surface area contributed by atoms with Gasteiger partial charge in [0.15, 0.2) is 0 Å². The van der Waals surface area contributed by atoms with Crippen LogP contribution in [-0.2, 0) is 0 Å². The van der Waals surface area contributed by atoms with Crippen molar-refractivity contribution in [2.24, 2.45) is 0 Å². The van der Waals surface area contributed by atoms with Gasteiger partial charge in [0.25, 0.3) is 0 Å². The molecule has 2 nitrogen and oxygen atoms in total. The zero-order valence-electron chi connectivity index (χ0n) is 8.77. The third kappa shape index (κ3) is 2.34. The second kappa shape index (κ2) is 4.60. The molecule has 0 bridgehead atoms. The molecule has 0 radical (unpaired) electrons. The topological polar surface area (TPSA) is 24.9 Å². The highest BCUT2D eigenvalue weighted by Gasteiger charge is 1.96. The lowest BCUT2D eigenvalue weighted by atomic mass is 10.1. The molecular formula is C13H14N2. The van der Waals surface area contributed by atoms with Crippen molar-refractivity contribution in [1.29, 1.82) is 0 Å². The highest BCUT2D eigenvalue weighted by Crippen LogP contribution is 2.19. The highest BCUT2D eigenvalue weighted by atomic mass is 14.8. The summed E-state index contributed by atoms with van der Waals surface area (Å²) in [5.74, 6) is 0. The van der Waals surface area contributed by atoms with Crippen molar-refractivity contribution in [3.05, 3.63) is 48.8 Å². The number of hydrogen-bond acceptors (Lipinski definition) is 2. The smallest absolute Gasteiger partial charge is 0.0346 e. The number of aromatic nitrogens is 1. The monoisotopic (exact) mass is 198 g/mol. The van der Waals surface area contributed by atoms with E-state index >= 15 is 0 Å². The summed E-state index contributed by atoms with van der Waals surface area (Å²) in [6, 6.07) is 12.4. The van der Waals surface area contributed by atoms with Gasteiger partial charge in [-0.3, -0.25) is 4.98 Å². The Morgan fingerprint density at radius 3 is 2.47 bits per heavy atom. The van der Waals surface area contributed by atoms with Crippen LogP contribution in [0.2, 0.25) is 0 Å². The minimum atomic E-state index is 0.951. The van der Waals surface area contributed by atoms with Crippen LogP contribution in [0.15, 0.2) is 48.8 Å². The third-order valence-corrected chi connectivity index (χ3v) is 2.26. The fourth-order valence-electron chi connectivity index (χ4n) is 1.52. The summed E-state index contributed by atoms with van der Waals surface area (Å²) >= 11 is 0. The molecule has 2 heteroatoms. The van der Waals surface area contributed by atoms with Gasteiger partial charge in [0.05, 0.1) is 0 Å². The second-order valence-corrected chi connectivity index (χ2v) is 3.35. The predicted molar refractivity (Wildman–Crippen MR) is 63.8 cm³/mol. The van der Waals surface area contributed by atoms with Crippen molar-refractivity contribution in [3.8, 4) is 11.1 Å². The largest absolute Gasteiger partial charge is 0.385 e. The average Bonchev–Trinajstić information content (AvgIpc) is 2.32. The Morgan fingerprint density at radius 1 is 1.07 bits per heavy atom. The van der Waals surface area contributed by atoms with Gasteiger partial charge in [0, 0.05) is 24.6 Å². The van der Waals surface area contributed by atoms with Gasteiger partial charge in [-0.15, -0.1) is 0 Å². The molecule has 1 aromatic heterocycles. The number of anilines is 1. The third-order valence-electron chi connectivity index (χ3n) is 2.26. The lowest BCUT2D eigenvalue weighted by molar-refractivity contribution is 1.21. The molecule has 15 heavy (non-hydrogen) atoms. The number of nitrogens with one attached hydrogen (secondary N) is 1. The second-order valence-electron chi connectivity index (χ2n) is 3.35. The van der Waals surface area contributed by atoms with Gasteiger partial charge in [-0.25, -0.2) is 0 Å². The molecule has 76 valence electrons. The predicted octanol–water partition coefficient (Wildman–Crippen LogP) is 3.18. The molecule has 0 unspecified atom stereocenters. The van der Waals surface area contributed by atoms with Crippen molar-refractivity contribution < 1.29 is 0 Å². The van der Waals surface area contributed by atoms with Crippen LogP contribution in [0.5, 0.6) is 0 Å². The molecule has 0 aliphatic rings. The molecule has 2 aromatic rings. The lowest BCUT2D eigenvalue weighted by Gasteiger charge is -2.04. The Balaban J connectivity index is 2.24. The van der Waals surface area contributed by atoms with E-state index in [1.54, 1.807) is 6.20 Å². The molecule has 0 aliphatic carbocycles. The molecule has 0 aliphatic heterocycles. The molecule has 0 amide bonds. The average molecular weight is 198 g/mol. The Labute approximate surface area is 90.0 Å². The van der Waals surface area contributed by atoms with Crippen LogP contribution < -0.4 is 5.32 Å². The number of pyridine rings is 1. The standard InChI is InChI=1S/C13H14N2/c1-2-15-13-7-5-11(6-8-13)12-4-3-9-14-10-12/h3-10,15H,2H2,1H3. The summed E-state index contributed by atoms with van der Waals surface area (Å²) in [6.45, 7) is 3.04. The molecule has 0 spiro atoms. The maximum atomic E-state index is 4.10. The molecule has 1 aromatic carbocycles. The highest BCUT2D eigenvalue weighted by molar-refractivity contribution is 5.64. The minimum absolute atomic E-state index is 0.951. The van der Waals surface area contributed by atoms with Crippen LogP contribution >= 0.6 is 0 Å². The van der Waals surface area contributed by atoms with E-state index in [2.05, 4.69) is 47.6 Å². The fraction of sp³-hybridized carbons (Fsp3) is 0.154. The maximum Gasteiger partial charge on any atom is 0.0346 e. The molecule has 0 atom stereocenters. The molecule has 1 N–H and O–H groups in total. The van der Waals surface area contributed by atoms with E-state index in [0.717, 1.165) is 17.8 Å². The first kappa shape index (κ1) is 9.71. The maximum absolute atomic E-state index is 4.10. The van der Waals surface area contributed by atoms with Gasteiger partial charge in [0.2, 0.25) is 0 Å². The van der Waals surface area contributed by atoms with Crippen molar-refractivity contribution in [3.63, 3.8) is 0 Å². The molecule has 1 heterocycles. The zero-order valence-corrected chi connectivity index (χ0v) is 8.77. The molecule has 0 saturated heterocycles. The van der Waals surface area contributed by atoms with E-state index in [1.807, 2.05) is 12.3 Å². The van der Waals surface area contributed by atoms with Crippen molar-refractivity contribution >= 4 is 5.69 Å². The first-order chi connectivity index (χ1) is 7.40. The Bertz CT molecular complexity index is 406. The van der Waals surface area contributed by atoms with E-state index in [4.69, 9.17) is 0 Å². The van der Waals surface area contributed by atoms with E-state index < -0.39 is 0 Å². The van der Waals surface area contributed by atoms with E-state index in [1.165, 1.54) is 5.56 Å². The number of nitrogens with zero attached hydrogens (tertiary/aromatic N) is 1. The molecular weight excluding hydrogens is 184 g/mol. The van der Waals surface area contributed by atoms with Crippen LogP contribution in [0.3, 0.4) is 0 Å². The van der Waals surface area contributed by atoms with Crippen molar-refractivity contribution in [2.45, 2.75) is 6.92 Å². The van der Waals surface area contributed by atoms with Crippen LogP contribution in [-0.4, -0.2) is 11.5 Å². The summed E-state index contributed by atoms with van der Waals surface area (Å²) in [7, 11) is 0. The summed E-state index contributed by atoms with van der Waals surface area (Å²) in [4.78, 5) is 4.10. The number of hydrogen-bond donors (Lipinski definition) is 1.